The first-order chi connectivity index (χ1) is 11.5. The molecule has 0 bridgehead atoms. The van der Waals surface area contributed by atoms with Crippen molar-refractivity contribution in [2.45, 2.75) is 24.5 Å². The van der Waals surface area contributed by atoms with E-state index < -0.39 is 6.61 Å². The molecule has 2 aromatic rings. The van der Waals surface area contributed by atoms with E-state index >= 15 is 0 Å². The number of hydrogen-bond donors (Lipinski definition) is 1. The number of ether oxygens (including phenoxy) is 1. The zero-order valence-corrected chi connectivity index (χ0v) is 15.1. The Balaban J connectivity index is 1.72. The molecule has 0 aliphatic carbocycles. The lowest BCUT2D eigenvalue weighted by atomic mass is 10.2. The largest absolute Gasteiger partial charge is 0.435 e. The number of amides is 1. The summed E-state index contributed by atoms with van der Waals surface area (Å²) in [7, 11) is 0. The van der Waals surface area contributed by atoms with E-state index in [1.54, 1.807) is 23.9 Å². The predicted octanol–water partition coefficient (Wildman–Crippen LogP) is 4.85. The maximum Gasteiger partial charge on any atom is 0.387 e. The van der Waals surface area contributed by atoms with Crippen molar-refractivity contribution >= 4 is 33.6 Å². The Morgan fingerprint density at radius 2 is 1.96 bits per heavy atom. The molecule has 0 aliphatic heterocycles. The zero-order valence-electron chi connectivity index (χ0n) is 12.7. The van der Waals surface area contributed by atoms with E-state index in [4.69, 9.17) is 0 Å². The van der Waals surface area contributed by atoms with Crippen LogP contribution in [-0.2, 0) is 11.3 Å². The van der Waals surface area contributed by atoms with Gasteiger partial charge in [-0.05, 0) is 42.0 Å². The fourth-order valence-electron chi connectivity index (χ4n) is 1.91. The quantitative estimate of drug-likeness (QED) is 0.626. The van der Waals surface area contributed by atoms with Crippen LogP contribution in [0, 0.1) is 0 Å². The van der Waals surface area contributed by atoms with Crippen LogP contribution in [0.15, 0.2) is 57.9 Å². The number of hydrogen-bond acceptors (Lipinski definition) is 3. The third kappa shape index (κ3) is 6.88. The molecule has 7 heteroatoms. The molecule has 1 amide bonds. The second-order valence-corrected chi connectivity index (χ2v) is 6.94. The molecule has 0 saturated heterocycles. The van der Waals surface area contributed by atoms with Gasteiger partial charge >= 0.3 is 6.61 Å². The van der Waals surface area contributed by atoms with Crippen molar-refractivity contribution in [3.8, 4) is 5.75 Å². The molecule has 0 saturated carbocycles. The molecule has 0 fully saturated rings. The molecule has 2 rings (SSSR count). The van der Waals surface area contributed by atoms with E-state index in [-0.39, 0.29) is 18.2 Å². The smallest absolute Gasteiger partial charge is 0.387 e. The second-order valence-electron chi connectivity index (χ2n) is 4.86. The molecule has 1 N–H and O–H groups in total. The Morgan fingerprint density at radius 3 is 2.67 bits per heavy atom. The molecule has 0 atom stereocenters. The summed E-state index contributed by atoms with van der Waals surface area (Å²) in [5.41, 5.74) is 0.710. The van der Waals surface area contributed by atoms with Crippen LogP contribution in [0.4, 0.5) is 8.78 Å². The highest BCUT2D eigenvalue weighted by molar-refractivity contribution is 9.10. The molecule has 0 unspecified atom stereocenters. The van der Waals surface area contributed by atoms with Crippen molar-refractivity contribution in [3.05, 3.63) is 58.6 Å². The van der Waals surface area contributed by atoms with E-state index in [1.807, 2.05) is 24.3 Å². The average Bonchev–Trinajstić information content (AvgIpc) is 2.54. The Labute approximate surface area is 151 Å². The summed E-state index contributed by atoms with van der Waals surface area (Å²) in [5.74, 6) is 0.671. The molecular weight excluding hydrogens is 400 g/mol. The molecule has 0 aromatic heterocycles. The number of nitrogens with one attached hydrogen (secondary N) is 1. The van der Waals surface area contributed by atoms with Gasteiger partial charge in [-0.15, -0.1) is 11.8 Å². The van der Waals surface area contributed by atoms with Crippen molar-refractivity contribution in [1.29, 1.82) is 0 Å². The molecule has 128 valence electrons. The summed E-state index contributed by atoms with van der Waals surface area (Å²) >= 11 is 4.98. The average molecular weight is 416 g/mol. The zero-order chi connectivity index (χ0) is 17.4. The summed E-state index contributed by atoms with van der Waals surface area (Å²) in [6.07, 6.45) is 0.383. The Kier molecular flexibility index (Phi) is 7.52. The van der Waals surface area contributed by atoms with Gasteiger partial charge in [-0.1, -0.05) is 28.1 Å². The van der Waals surface area contributed by atoms with E-state index in [0.717, 1.165) is 9.37 Å². The molecular formula is C17H16BrF2NO2S. The standard InChI is InChI=1S/C17H16BrF2NO2S/c18-13-4-6-15(7-5-13)24-9-8-16(22)21-11-12-2-1-3-14(10-12)23-17(19)20/h1-7,10,17H,8-9,11H2,(H,21,22). The number of thioether (sulfide) groups is 1. The lowest BCUT2D eigenvalue weighted by Gasteiger charge is -2.08. The van der Waals surface area contributed by atoms with Crippen LogP contribution in [0.2, 0.25) is 0 Å². The number of rotatable bonds is 8. The Morgan fingerprint density at radius 1 is 1.21 bits per heavy atom. The Bertz CT molecular complexity index is 668. The van der Waals surface area contributed by atoms with Gasteiger partial charge in [-0.25, -0.2) is 0 Å². The summed E-state index contributed by atoms with van der Waals surface area (Å²) < 4.78 is 29.7. The van der Waals surface area contributed by atoms with E-state index in [1.165, 1.54) is 12.1 Å². The van der Waals surface area contributed by atoms with Crippen LogP contribution >= 0.6 is 27.7 Å². The minimum Gasteiger partial charge on any atom is -0.435 e. The summed E-state index contributed by atoms with van der Waals surface area (Å²) in [6, 6.07) is 14.2. The molecule has 2 aromatic carbocycles. The van der Waals surface area contributed by atoms with Crippen molar-refractivity contribution in [3.63, 3.8) is 0 Å². The summed E-state index contributed by atoms with van der Waals surface area (Å²) in [5, 5.41) is 2.77. The first-order valence-electron chi connectivity index (χ1n) is 7.22. The first kappa shape index (κ1) is 18.7. The van der Waals surface area contributed by atoms with Gasteiger partial charge in [0.15, 0.2) is 0 Å². The Hall–Kier alpha value is -1.60. The van der Waals surface area contributed by atoms with Crippen LogP contribution < -0.4 is 10.1 Å². The number of halogens is 3. The normalized spacial score (nSPS) is 10.7. The maximum atomic E-state index is 12.2. The topological polar surface area (TPSA) is 38.3 Å². The molecule has 24 heavy (non-hydrogen) atoms. The lowest BCUT2D eigenvalue weighted by Crippen LogP contribution is -2.23. The highest BCUT2D eigenvalue weighted by Gasteiger charge is 2.06. The number of carbonyl (C=O) groups is 1. The number of alkyl halides is 2. The fraction of sp³-hybridized carbons (Fsp3) is 0.235. The van der Waals surface area contributed by atoms with Crippen LogP contribution in [0.25, 0.3) is 0 Å². The van der Waals surface area contributed by atoms with Gasteiger partial charge in [-0.3, -0.25) is 4.79 Å². The van der Waals surface area contributed by atoms with Crippen molar-refractivity contribution in [1.82, 2.24) is 5.32 Å². The second kappa shape index (κ2) is 9.64. The van der Waals surface area contributed by atoms with Crippen LogP contribution in [0.5, 0.6) is 5.75 Å². The highest BCUT2D eigenvalue weighted by atomic mass is 79.9. The summed E-state index contributed by atoms with van der Waals surface area (Å²) in [4.78, 5) is 12.9. The minimum atomic E-state index is -2.86. The van der Waals surface area contributed by atoms with E-state index in [9.17, 15) is 13.6 Å². The van der Waals surface area contributed by atoms with Crippen molar-refractivity contribution in [2.24, 2.45) is 0 Å². The SMILES string of the molecule is O=C(CCSc1ccc(Br)cc1)NCc1cccc(OC(F)F)c1. The number of benzene rings is 2. The third-order valence-corrected chi connectivity index (χ3v) is 4.57. The molecule has 0 spiro atoms. The number of carbonyl (C=O) groups excluding carboxylic acids is 1. The van der Waals surface area contributed by atoms with Gasteiger partial charge in [0.1, 0.15) is 5.75 Å². The van der Waals surface area contributed by atoms with Gasteiger partial charge in [0, 0.05) is 28.1 Å². The van der Waals surface area contributed by atoms with Gasteiger partial charge in [0.05, 0.1) is 0 Å². The first-order valence-corrected chi connectivity index (χ1v) is 8.99. The maximum absolute atomic E-state index is 12.2. The van der Waals surface area contributed by atoms with Gasteiger partial charge < -0.3 is 10.1 Å². The highest BCUT2D eigenvalue weighted by Crippen LogP contribution is 2.21. The van der Waals surface area contributed by atoms with Gasteiger partial charge in [-0.2, -0.15) is 8.78 Å². The van der Waals surface area contributed by atoms with Crippen LogP contribution in [0.1, 0.15) is 12.0 Å². The monoisotopic (exact) mass is 415 g/mol. The molecule has 0 radical (unpaired) electrons. The van der Waals surface area contributed by atoms with Gasteiger partial charge in [0.25, 0.3) is 0 Å². The van der Waals surface area contributed by atoms with Gasteiger partial charge in [0.2, 0.25) is 5.91 Å². The molecule has 3 nitrogen and oxygen atoms in total. The summed E-state index contributed by atoms with van der Waals surface area (Å²) in [6.45, 7) is -2.58. The van der Waals surface area contributed by atoms with Crippen LogP contribution in [-0.4, -0.2) is 18.3 Å². The lowest BCUT2D eigenvalue weighted by molar-refractivity contribution is -0.120. The fourth-order valence-corrected chi connectivity index (χ4v) is 3.03. The van der Waals surface area contributed by atoms with Crippen molar-refractivity contribution < 1.29 is 18.3 Å². The predicted molar refractivity (Wildman–Crippen MR) is 94.4 cm³/mol. The van der Waals surface area contributed by atoms with E-state index in [0.29, 0.717) is 17.7 Å². The molecule has 0 heterocycles. The van der Waals surface area contributed by atoms with Crippen molar-refractivity contribution in [2.75, 3.05) is 5.75 Å². The van der Waals surface area contributed by atoms with Crippen LogP contribution in [0.3, 0.4) is 0 Å². The molecule has 0 aliphatic rings. The minimum absolute atomic E-state index is 0.0835. The van der Waals surface area contributed by atoms with E-state index in [2.05, 4.69) is 26.0 Å². The third-order valence-electron chi connectivity index (χ3n) is 3.02.